The van der Waals surface area contributed by atoms with Crippen molar-refractivity contribution in [2.45, 2.75) is 20.8 Å². The van der Waals surface area contributed by atoms with Crippen molar-refractivity contribution in [3.05, 3.63) is 41.5 Å². The summed E-state index contributed by atoms with van der Waals surface area (Å²) in [4.78, 5) is 13.9. The molecule has 0 bridgehead atoms. The molecule has 0 aromatic carbocycles. The zero-order chi connectivity index (χ0) is 13.6. The van der Waals surface area contributed by atoms with Crippen LogP contribution in [0.15, 0.2) is 41.7 Å². The molecule has 0 unspecified atom stereocenters. The molecule has 1 rings (SSSR count). The molecular formula is C13H21N3O2. The van der Waals surface area contributed by atoms with Gasteiger partial charge in [-0.3, -0.25) is 0 Å². The number of hydrogen-bond donors (Lipinski definition) is 0. The third-order valence-electron chi connectivity index (χ3n) is 2.36. The van der Waals surface area contributed by atoms with Gasteiger partial charge in [0.2, 0.25) is 0 Å². The number of nitrogens with zero attached hydrogens (tertiary/aromatic N) is 3. The molecule has 0 atom stereocenters. The Labute approximate surface area is 108 Å². The summed E-state index contributed by atoms with van der Waals surface area (Å²) in [5, 5.41) is 2.79. The van der Waals surface area contributed by atoms with Crippen LogP contribution >= 0.6 is 0 Å². The van der Waals surface area contributed by atoms with E-state index >= 15 is 0 Å². The predicted molar refractivity (Wildman–Crippen MR) is 72.0 cm³/mol. The van der Waals surface area contributed by atoms with Gasteiger partial charge in [-0.2, -0.15) is 0 Å². The van der Waals surface area contributed by atoms with E-state index in [9.17, 15) is 4.91 Å². The topological polar surface area (TPSA) is 45.1 Å². The van der Waals surface area contributed by atoms with E-state index in [1.165, 1.54) is 6.20 Å². The minimum Gasteiger partial charge on any atom is -0.357 e. The van der Waals surface area contributed by atoms with E-state index in [4.69, 9.17) is 4.74 Å². The van der Waals surface area contributed by atoms with Gasteiger partial charge in [-0.05, 0) is 10.6 Å². The lowest BCUT2D eigenvalue weighted by Crippen LogP contribution is -2.22. The SMILES string of the molecule is CN1C=CN(COC/C=C/C(C)(C)C)/C1=C/N=O. The lowest BCUT2D eigenvalue weighted by molar-refractivity contribution is 0.0845. The normalized spacial score (nSPS) is 18.3. The summed E-state index contributed by atoms with van der Waals surface area (Å²) in [6.45, 7) is 7.36. The van der Waals surface area contributed by atoms with Gasteiger partial charge in [0.25, 0.3) is 0 Å². The van der Waals surface area contributed by atoms with E-state index in [1.807, 2.05) is 35.3 Å². The van der Waals surface area contributed by atoms with Crippen LogP contribution < -0.4 is 0 Å². The number of nitroso groups, excluding NO2 is 1. The Bertz CT molecular complexity index is 367. The van der Waals surface area contributed by atoms with Crippen LogP contribution in [0.5, 0.6) is 0 Å². The highest BCUT2D eigenvalue weighted by Gasteiger charge is 2.16. The Kier molecular flexibility index (Phi) is 5.09. The number of rotatable bonds is 5. The van der Waals surface area contributed by atoms with Crippen LogP contribution in [0.2, 0.25) is 0 Å². The van der Waals surface area contributed by atoms with Gasteiger partial charge in [-0.1, -0.05) is 32.9 Å². The molecular weight excluding hydrogens is 230 g/mol. The van der Waals surface area contributed by atoms with E-state index < -0.39 is 0 Å². The molecule has 100 valence electrons. The zero-order valence-corrected chi connectivity index (χ0v) is 11.5. The quantitative estimate of drug-likeness (QED) is 0.428. The minimum absolute atomic E-state index is 0.170. The van der Waals surface area contributed by atoms with Gasteiger partial charge in [0, 0.05) is 19.4 Å². The van der Waals surface area contributed by atoms with Crippen molar-refractivity contribution in [2.75, 3.05) is 20.4 Å². The molecule has 1 heterocycles. The van der Waals surface area contributed by atoms with Crippen molar-refractivity contribution in [1.82, 2.24) is 9.80 Å². The molecule has 0 aliphatic carbocycles. The molecule has 5 nitrogen and oxygen atoms in total. The average molecular weight is 251 g/mol. The highest BCUT2D eigenvalue weighted by molar-refractivity contribution is 5.12. The molecule has 5 heteroatoms. The van der Waals surface area contributed by atoms with Gasteiger partial charge in [0.05, 0.1) is 6.61 Å². The van der Waals surface area contributed by atoms with Crippen LogP contribution in [-0.2, 0) is 4.74 Å². The van der Waals surface area contributed by atoms with Gasteiger partial charge in [-0.25, -0.2) is 0 Å². The van der Waals surface area contributed by atoms with Gasteiger partial charge in [0.1, 0.15) is 18.8 Å². The number of allylic oxidation sites excluding steroid dienone is 1. The third-order valence-corrected chi connectivity index (χ3v) is 2.36. The van der Waals surface area contributed by atoms with Crippen LogP contribution in [0.1, 0.15) is 20.8 Å². The van der Waals surface area contributed by atoms with E-state index in [0.29, 0.717) is 19.2 Å². The Morgan fingerprint density at radius 2 is 2.11 bits per heavy atom. The highest BCUT2D eigenvalue weighted by atomic mass is 16.5. The maximum absolute atomic E-state index is 10.3. The van der Waals surface area contributed by atoms with Crippen LogP contribution in [0.3, 0.4) is 0 Å². The monoisotopic (exact) mass is 251 g/mol. The second-order valence-electron chi connectivity index (χ2n) is 5.24. The van der Waals surface area contributed by atoms with Gasteiger partial charge in [0.15, 0.2) is 0 Å². The third kappa shape index (κ3) is 4.71. The lowest BCUT2D eigenvalue weighted by atomic mass is 9.96. The van der Waals surface area contributed by atoms with Crippen molar-refractivity contribution in [3.63, 3.8) is 0 Å². The second kappa shape index (κ2) is 6.35. The first-order chi connectivity index (χ1) is 8.44. The average Bonchev–Trinajstić information content (AvgIpc) is 2.60. The Morgan fingerprint density at radius 1 is 1.39 bits per heavy atom. The van der Waals surface area contributed by atoms with E-state index in [2.05, 4.69) is 32.0 Å². The second-order valence-corrected chi connectivity index (χ2v) is 5.24. The first kappa shape index (κ1) is 14.4. The molecule has 18 heavy (non-hydrogen) atoms. The first-order valence-electron chi connectivity index (χ1n) is 5.90. The van der Waals surface area contributed by atoms with Gasteiger partial charge < -0.3 is 14.5 Å². The fourth-order valence-electron chi connectivity index (χ4n) is 1.48. The first-order valence-corrected chi connectivity index (χ1v) is 5.90. The smallest absolute Gasteiger partial charge is 0.136 e. The van der Waals surface area contributed by atoms with E-state index in [-0.39, 0.29) is 5.41 Å². The maximum Gasteiger partial charge on any atom is 0.136 e. The molecule has 0 amide bonds. The van der Waals surface area contributed by atoms with Crippen molar-refractivity contribution in [1.29, 1.82) is 0 Å². The van der Waals surface area contributed by atoms with Crippen molar-refractivity contribution in [2.24, 2.45) is 10.6 Å². The van der Waals surface area contributed by atoms with Crippen LogP contribution in [-0.4, -0.2) is 30.2 Å². The molecule has 1 aliphatic rings. The van der Waals surface area contributed by atoms with Crippen LogP contribution in [0, 0.1) is 10.3 Å². The van der Waals surface area contributed by atoms with Gasteiger partial charge in [-0.15, -0.1) is 4.91 Å². The molecule has 0 fully saturated rings. The summed E-state index contributed by atoms with van der Waals surface area (Å²) in [6.07, 6.45) is 9.09. The molecule has 0 radical (unpaired) electrons. The Balaban J connectivity index is 2.36. The fraction of sp³-hybridized carbons (Fsp3) is 0.538. The standard InChI is InChI=1S/C13H21N3O2/c1-13(2,3)6-5-9-18-11-16-8-7-15(4)12(16)10-14-17/h5-8,10H,9,11H2,1-4H3/b6-5+,12-10+. The summed E-state index contributed by atoms with van der Waals surface area (Å²) in [5.41, 5.74) is 0.170. The summed E-state index contributed by atoms with van der Waals surface area (Å²) in [5.74, 6) is 0.713. The molecule has 0 saturated heterocycles. The van der Waals surface area contributed by atoms with Gasteiger partial charge >= 0.3 is 0 Å². The Hall–Kier alpha value is -1.62. The molecule has 0 aromatic heterocycles. The van der Waals surface area contributed by atoms with E-state index in [0.717, 1.165) is 0 Å². The highest BCUT2D eigenvalue weighted by Crippen LogP contribution is 2.17. The van der Waals surface area contributed by atoms with Crippen molar-refractivity contribution < 1.29 is 4.74 Å². The predicted octanol–water partition coefficient (Wildman–Crippen LogP) is 2.85. The largest absolute Gasteiger partial charge is 0.357 e. The van der Waals surface area contributed by atoms with Crippen molar-refractivity contribution >= 4 is 0 Å². The molecule has 0 spiro atoms. The summed E-state index contributed by atoms with van der Waals surface area (Å²) in [7, 11) is 1.85. The summed E-state index contributed by atoms with van der Waals surface area (Å²) < 4.78 is 5.51. The zero-order valence-electron chi connectivity index (χ0n) is 11.5. The lowest BCUT2D eigenvalue weighted by Gasteiger charge is -2.20. The minimum atomic E-state index is 0.170. The van der Waals surface area contributed by atoms with Crippen LogP contribution in [0.4, 0.5) is 0 Å². The molecule has 1 aliphatic heterocycles. The number of ether oxygens (including phenoxy) is 1. The van der Waals surface area contributed by atoms with Crippen molar-refractivity contribution in [3.8, 4) is 0 Å². The summed E-state index contributed by atoms with van der Waals surface area (Å²) >= 11 is 0. The maximum atomic E-state index is 10.3. The molecule has 0 N–H and O–H groups in total. The molecule has 0 aromatic rings. The van der Waals surface area contributed by atoms with Crippen LogP contribution in [0.25, 0.3) is 0 Å². The Morgan fingerprint density at radius 3 is 2.72 bits per heavy atom. The van der Waals surface area contributed by atoms with E-state index in [1.54, 1.807) is 0 Å². The number of hydrogen-bond acceptors (Lipinski definition) is 5. The molecule has 0 saturated carbocycles. The fourth-order valence-corrected chi connectivity index (χ4v) is 1.48. The summed E-state index contributed by atoms with van der Waals surface area (Å²) in [6, 6.07) is 0.